The van der Waals surface area contributed by atoms with Gasteiger partial charge in [0.1, 0.15) is 11.4 Å². The lowest BCUT2D eigenvalue weighted by Gasteiger charge is -2.11. The second-order valence-electron chi connectivity index (χ2n) is 5.70. The summed E-state index contributed by atoms with van der Waals surface area (Å²) in [5, 5.41) is 10.8. The molecular formula is C18H14N4O3. The number of aromatic nitrogens is 3. The highest BCUT2D eigenvalue weighted by Gasteiger charge is 2.22. The summed E-state index contributed by atoms with van der Waals surface area (Å²) in [6, 6.07) is 11.5. The predicted octanol–water partition coefficient (Wildman–Crippen LogP) is 3.73. The van der Waals surface area contributed by atoms with Crippen LogP contribution in [0.25, 0.3) is 11.5 Å². The van der Waals surface area contributed by atoms with Crippen LogP contribution in [-0.4, -0.2) is 19.9 Å². The molecule has 1 aliphatic rings. The molecule has 0 saturated heterocycles. The molecule has 0 bridgehead atoms. The first-order chi connectivity index (χ1) is 12.2. The van der Waals surface area contributed by atoms with E-state index in [9.17, 15) is 10.1 Å². The van der Waals surface area contributed by atoms with E-state index in [-0.39, 0.29) is 5.69 Å². The normalized spacial score (nSPS) is 12.6. The van der Waals surface area contributed by atoms with Crippen LogP contribution in [-0.2, 0) is 12.8 Å². The summed E-state index contributed by atoms with van der Waals surface area (Å²) in [5.41, 5.74) is 2.69. The maximum absolute atomic E-state index is 10.8. The number of nitrogens with zero attached hydrogens (tertiary/aromatic N) is 4. The smallest absolute Gasteiger partial charge is 0.269 e. The van der Waals surface area contributed by atoms with Crippen molar-refractivity contribution in [3.05, 3.63) is 70.0 Å². The lowest BCUT2D eigenvalue weighted by atomic mass is 10.2. The van der Waals surface area contributed by atoms with E-state index in [4.69, 9.17) is 4.74 Å². The summed E-state index contributed by atoms with van der Waals surface area (Å²) < 4.78 is 5.92. The number of nitro benzene ring substituents is 1. The molecule has 1 aromatic carbocycles. The summed E-state index contributed by atoms with van der Waals surface area (Å²) >= 11 is 0. The van der Waals surface area contributed by atoms with Gasteiger partial charge in [-0.15, -0.1) is 0 Å². The van der Waals surface area contributed by atoms with Crippen LogP contribution in [0.2, 0.25) is 0 Å². The van der Waals surface area contributed by atoms with E-state index in [0.717, 1.165) is 30.5 Å². The summed E-state index contributed by atoms with van der Waals surface area (Å²) in [4.78, 5) is 23.8. The highest BCUT2D eigenvalue weighted by atomic mass is 16.6. The maximum Gasteiger partial charge on any atom is 0.269 e. The minimum absolute atomic E-state index is 0.0226. The van der Waals surface area contributed by atoms with Crippen LogP contribution in [0.4, 0.5) is 5.69 Å². The number of rotatable bonds is 4. The molecule has 0 aliphatic heterocycles. The third-order valence-corrected chi connectivity index (χ3v) is 4.05. The zero-order valence-corrected chi connectivity index (χ0v) is 13.3. The predicted molar refractivity (Wildman–Crippen MR) is 90.5 cm³/mol. The van der Waals surface area contributed by atoms with E-state index in [1.54, 1.807) is 18.3 Å². The molecule has 0 N–H and O–H groups in total. The number of fused-ring (bicyclic) bond motifs is 1. The van der Waals surface area contributed by atoms with Gasteiger partial charge in [-0.1, -0.05) is 6.07 Å². The van der Waals surface area contributed by atoms with Gasteiger partial charge in [-0.05, 0) is 43.5 Å². The summed E-state index contributed by atoms with van der Waals surface area (Å²) in [5.74, 6) is 1.53. The Morgan fingerprint density at radius 3 is 2.60 bits per heavy atom. The quantitative estimate of drug-likeness (QED) is 0.533. The summed E-state index contributed by atoms with van der Waals surface area (Å²) in [7, 11) is 0. The van der Waals surface area contributed by atoms with Gasteiger partial charge >= 0.3 is 0 Å². The van der Waals surface area contributed by atoms with Crippen LogP contribution in [0.5, 0.6) is 11.6 Å². The van der Waals surface area contributed by atoms with Crippen molar-refractivity contribution < 1.29 is 9.66 Å². The molecule has 7 heteroatoms. The number of hydrogen-bond donors (Lipinski definition) is 0. The Kier molecular flexibility index (Phi) is 3.81. The van der Waals surface area contributed by atoms with Crippen molar-refractivity contribution in [2.45, 2.75) is 19.3 Å². The number of non-ortho nitro benzene ring substituents is 1. The lowest BCUT2D eigenvalue weighted by molar-refractivity contribution is -0.384. The highest BCUT2D eigenvalue weighted by Crippen LogP contribution is 2.33. The van der Waals surface area contributed by atoms with E-state index in [0.29, 0.717) is 23.1 Å². The van der Waals surface area contributed by atoms with Crippen molar-refractivity contribution in [2.24, 2.45) is 0 Å². The van der Waals surface area contributed by atoms with Gasteiger partial charge in [-0.25, -0.2) is 4.98 Å². The van der Waals surface area contributed by atoms with E-state index in [1.165, 1.54) is 12.1 Å². The van der Waals surface area contributed by atoms with Crippen LogP contribution in [0.1, 0.15) is 17.7 Å². The second-order valence-corrected chi connectivity index (χ2v) is 5.70. The molecule has 0 amide bonds. The third kappa shape index (κ3) is 3.03. The van der Waals surface area contributed by atoms with Crippen LogP contribution in [0.3, 0.4) is 0 Å². The van der Waals surface area contributed by atoms with Crippen molar-refractivity contribution in [1.82, 2.24) is 15.0 Å². The molecule has 0 fully saturated rings. The van der Waals surface area contributed by atoms with Crippen molar-refractivity contribution in [2.75, 3.05) is 0 Å². The lowest BCUT2D eigenvalue weighted by Crippen LogP contribution is -2.01. The molecule has 3 aromatic rings. The van der Waals surface area contributed by atoms with Gasteiger partial charge in [0.15, 0.2) is 5.82 Å². The molecule has 124 valence electrons. The van der Waals surface area contributed by atoms with Gasteiger partial charge in [0.2, 0.25) is 5.88 Å². The average molecular weight is 334 g/mol. The van der Waals surface area contributed by atoms with Crippen molar-refractivity contribution in [3.8, 4) is 23.1 Å². The van der Waals surface area contributed by atoms with Crippen LogP contribution >= 0.6 is 0 Å². The van der Waals surface area contributed by atoms with Gasteiger partial charge in [0.25, 0.3) is 5.69 Å². The fraction of sp³-hybridized carbons (Fsp3) is 0.167. The van der Waals surface area contributed by atoms with Gasteiger partial charge in [-0.2, -0.15) is 4.98 Å². The number of hydrogen-bond acceptors (Lipinski definition) is 6. The SMILES string of the molecule is O=[N+]([O-])c1ccc(Oc2nc(-c3ccccn3)nc3c2CCC3)cc1. The van der Waals surface area contributed by atoms with E-state index >= 15 is 0 Å². The Morgan fingerprint density at radius 1 is 1.04 bits per heavy atom. The van der Waals surface area contributed by atoms with Crippen molar-refractivity contribution >= 4 is 5.69 Å². The average Bonchev–Trinajstić information content (AvgIpc) is 3.12. The van der Waals surface area contributed by atoms with Gasteiger partial charge in [0, 0.05) is 23.9 Å². The zero-order valence-electron chi connectivity index (χ0n) is 13.3. The standard InChI is InChI=1S/C18H14N4O3/c23-22(24)12-7-9-13(10-8-12)25-18-14-4-3-6-15(14)20-17(21-18)16-5-1-2-11-19-16/h1-2,5,7-11H,3-4,6H2. The monoisotopic (exact) mass is 334 g/mol. The van der Waals surface area contributed by atoms with E-state index in [1.807, 2.05) is 18.2 Å². The van der Waals surface area contributed by atoms with Gasteiger partial charge < -0.3 is 4.74 Å². The van der Waals surface area contributed by atoms with Crippen molar-refractivity contribution in [1.29, 1.82) is 0 Å². The Bertz CT molecular complexity index is 927. The molecule has 2 heterocycles. The van der Waals surface area contributed by atoms with Gasteiger partial charge in [-0.3, -0.25) is 15.1 Å². The summed E-state index contributed by atoms with van der Waals surface area (Å²) in [6.07, 6.45) is 4.45. The molecule has 25 heavy (non-hydrogen) atoms. The molecule has 2 aromatic heterocycles. The molecular weight excluding hydrogens is 320 g/mol. The number of nitro groups is 1. The molecule has 1 aliphatic carbocycles. The number of ether oxygens (including phenoxy) is 1. The largest absolute Gasteiger partial charge is 0.439 e. The molecule has 0 atom stereocenters. The Labute approximate surface area is 143 Å². The fourth-order valence-corrected chi connectivity index (χ4v) is 2.84. The number of benzene rings is 1. The highest BCUT2D eigenvalue weighted by molar-refractivity contribution is 5.52. The number of aryl methyl sites for hydroxylation is 1. The van der Waals surface area contributed by atoms with E-state index < -0.39 is 4.92 Å². The first-order valence-corrected chi connectivity index (χ1v) is 7.94. The molecule has 4 rings (SSSR count). The topological polar surface area (TPSA) is 91.0 Å². The molecule has 0 radical (unpaired) electrons. The number of pyridine rings is 1. The maximum atomic E-state index is 10.8. The first kappa shape index (κ1) is 15.2. The molecule has 0 spiro atoms. The van der Waals surface area contributed by atoms with E-state index in [2.05, 4.69) is 15.0 Å². The fourth-order valence-electron chi connectivity index (χ4n) is 2.84. The molecule has 0 saturated carbocycles. The van der Waals surface area contributed by atoms with Crippen LogP contribution in [0.15, 0.2) is 48.7 Å². The third-order valence-electron chi connectivity index (χ3n) is 4.05. The Hall–Kier alpha value is -3.35. The van der Waals surface area contributed by atoms with Crippen LogP contribution < -0.4 is 4.74 Å². The minimum atomic E-state index is -0.439. The molecule has 7 nitrogen and oxygen atoms in total. The summed E-state index contributed by atoms with van der Waals surface area (Å²) in [6.45, 7) is 0. The molecule has 0 unspecified atom stereocenters. The second kappa shape index (κ2) is 6.27. The minimum Gasteiger partial charge on any atom is -0.439 e. The first-order valence-electron chi connectivity index (χ1n) is 7.94. The zero-order chi connectivity index (χ0) is 17.2. The van der Waals surface area contributed by atoms with Gasteiger partial charge in [0.05, 0.1) is 10.6 Å². The van der Waals surface area contributed by atoms with Crippen LogP contribution in [0, 0.1) is 10.1 Å². The Morgan fingerprint density at radius 2 is 1.88 bits per heavy atom. The Balaban J connectivity index is 1.71. The van der Waals surface area contributed by atoms with Crippen molar-refractivity contribution in [3.63, 3.8) is 0 Å².